The van der Waals surface area contributed by atoms with Crippen molar-refractivity contribution in [2.75, 3.05) is 37.7 Å². The molecule has 9 nitrogen and oxygen atoms in total. The van der Waals surface area contributed by atoms with Crippen LogP contribution in [-0.4, -0.2) is 80.6 Å². The summed E-state index contributed by atoms with van der Waals surface area (Å²) in [5, 5.41) is 7.16. The van der Waals surface area contributed by atoms with Crippen molar-refractivity contribution in [2.45, 2.75) is 56.3 Å². The number of halogens is 4. The Labute approximate surface area is 238 Å². The first-order valence-electron chi connectivity index (χ1n) is 14.1. The molecular weight excluding hydrogens is 559 g/mol. The highest BCUT2D eigenvalue weighted by Crippen LogP contribution is 2.45. The van der Waals surface area contributed by atoms with E-state index in [0.717, 1.165) is 45.2 Å². The number of pyridine rings is 1. The molecule has 0 radical (unpaired) electrons. The Morgan fingerprint density at radius 3 is 2.98 bits per heavy atom. The summed E-state index contributed by atoms with van der Waals surface area (Å²) in [6.07, 6.45) is 5.59. The standard InChI is InChI=1S/C28H27ClF3N7O2/c29-21-17(31)8-18-16(10-33-37-18)19(21)23-22(32)24-20-25(39-7-2-1-4-15(39)12-40-26(20)34-23)36-27(35-24)41-13-28-5-3-6-38(28)11-14(30)9-28/h8,10,14-15H,1-7,9,11-13H2,(H,33,37)/t14-,15+,28+/m1/s1. The van der Waals surface area contributed by atoms with Crippen LogP contribution in [0.2, 0.25) is 5.02 Å². The fourth-order valence-electron chi connectivity index (χ4n) is 7.19. The SMILES string of the molecule is Fc1cc2[nH]ncc2c(-c2nc3c4c(nc(OC[C@@]56CCCN5C[C@H](F)C6)nc4c2F)N2CCCC[C@H]2CO3)c1Cl. The Morgan fingerprint density at radius 2 is 2.07 bits per heavy atom. The van der Waals surface area contributed by atoms with Crippen molar-refractivity contribution in [3.05, 3.63) is 28.9 Å². The fourth-order valence-corrected chi connectivity index (χ4v) is 7.43. The van der Waals surface area contributed by atoms with Gasteiger partial charge in [0, 0.05) is 36.5 Å². The van der Waals surface area contributed by atoms with Gasteiger partial charge < -0.3 is 14.4 Å². The van der Waals surface area contributed by atoms with Crippen molar-refractivity contribution in [2.24, 2.45) is 0 Å². The molecule has 3 aromatic heterocycles. The van der Waals surface area contributed by atoms with Crippen molar-refractivity contribution >= 4 is 39.2 Å². The largest absolute Gasteiger partial charge is 0.475 e. The Balaban J connectivity index is 1.31. The molecule has 4 aliphatic heterocycles. The molecular formula is C28H27ClF3N7O2. The number of alkyl halides is 1. The number of ether oxygens (including phenoxy) is 2. The molecule has 8 rings (SSSR count). The average Bonchev–Trinajstić information content (AvgIpc) is 3.63. The average molecular weight is 586 g/mol. The molecule has 1 N–H and O–H groups in total. The molecule has 13 heteroatoms. The van der Waals surface area contributed by atoms with Crippen molar-refractivity contribution in [3.8, 4) is 23.1 Å². The second-order valence-electron chi connectivity index (χ2n) is 11.5. The summed E-state index contributed by atoms with van der Waals surface area (Å²) in [6, 6.07) is 1.22. The van der Waals surface area contributed by atoms with Gasteiger partial charge in [-0.3, -0.25) is 10.00 Å². The lowest BCUT2D eigenvalue weighted by Crippen LogP contribution is -2.44. The number of piperidine rings is 1. The fraction of sp³-hybridized carbons (Fsp3) is 0.500. The Kier molecular flexibility index (Phi) is 5.76. The third kappa shape index (κ3) is 3.86. The molecule has 3 saturated heterocycles. The van der Waals surface area contributed by atoms with Crippen molar-refractivity contribution < 1.29 is 22.6 Å². The zero-order valence-electron chi connectivity index (χ0n) is 22.1. The van der Waals surface area contributed by atoms with Crippen LogP contribution in [-0.2, 0) is 0 Å². The van der Waals surface area contributed by atoms with Crippen LogP contribution in [0.3, 0.4) is 0 Å². The number of hydrogen-bond donors (Lipinski definition) is 1. The molecule has 0 bridgehead atoms. The number of fused-ring (bicyclic) bond motifs is 4. The molecule has 0 unspecified atom stereocenters. The van der Waals surface area contributed by atoms with E-state index in [-0.39, 0.29) is 46.3 Å². The van der Waals surface area contributed by atoms with Crippen molar-refractivity contribution in [1.29, 1.82) is 0 Å². The molecule has 4 aromatic rings. The van der Waals surface area contributed by atoms with E-state index in [0.29, 0.717) is 41.7 Å². The summed E-state index contributed by atoms with van der Waals surface area (Å²) in [7, 11) is 0. The van der Waals surface area contributed by atoms with Crippen molar-refractivity contribution in [1.82, 2.24) is 30.0 Å². The van der Waals surface area contributed by atoms with E-state index in [1.54, 1.807) is 0 Å². The number of aromatic nitrogens is 5. The van der Waals surface area contributed by atoms with Crippen LogP contribution in [0.15, 0.2) is 12.3 Å². The third-order valence-corrected chi connectivity index (χ3v) is 9.50. The first kappa shape index (κ1) is 25.3. The number of nitrogens with one attached hydrogen (secondary N) is 1. The third-order valence-electron chi connectivity index (χ3n) is 9.13. The van der Waals surface area contributed by atoms with Gasteiger partial charge in [-0.05, 0) is 38.6 Å². The first-order chi connectivity index (χ1) is 19.9. The van der Waals surface area contributed by atoms with E-state index < -0.39 is 23.3 Å². The summed E-state index contributed by atoms with van der Waals surface area (Å²) in [5.41, 5.74) is -0.265. The molecule has 3 atom stereocenters. The summed E-state index contributed by atoms with van der Waals surface area (Å²) in [5.74, 6) is -0.883. The lowest BCUT2D eigenvalue weighted by atomic mass is 9.95. The molecule has 41 heavy (non-hydrogen) atoms. The first-order valence-corrected chi connectivity index (χ1v) is 14.4. The minimum absolute atomic E-state index is 0.00283. The lowest BCUT2D eigenvalue weighted by Gasteiger charge is -2.35. The van der Waals surface area contributed by atoms with E-state index in [2.05, 4.69) is 30.0 Å². The van der Waals surface area contributed by atoms with Gasteiger partial charge in [0.1, 0.15) is 47.6 Å². The lowest BCUT2D eigenvalue weighted by molar-refractivity contribution is 0.107. The molecule has 0 aliphatic carbocycles. The number of rotatable bonds is 4. The van der Waals surface area contributed by atoms with E-state index in [1.807, 2.05) is 0 Å². The monoisotopic (exact) mass is 585 g/mol. The van der Waals surface area contributed by atoms with Gasteiger partial charge in [0.25, 0.3) is 0 Å². The maximum Gasteiger partial charge on any atom is 0.319 e. The maximum atomic E-state index is 16.6. The summed E-state index contributed by atoms with van der Waals surface area (Å²) >= 11 is 6.41. The molecule has 0 saturated carbocycles. The number of nitrogens with zero attached hydrogens (tertiary/aromatic N) is 6. The molecule has 0 spiro atoms. The van der Waals surface area contributed by atoms with Gasteiger partial charge in [-0.15, -0.1) is 0 Å². The van der Waals surface area contributed by atoms with Gasteiger partial charge >= 0.3 is 6.01 Å². The van der Waals surface area contributed by atoms with Gasteiger partial charge in [0.15, 0.2) is 5.82 Å². The normalized spacial score (nSPS) is 25.8. The van der Waals surface area contributed by atoms with Gasteiger partial charge in [-0.2, -0.15) is 15.1 Å². The van der Waals surface area contributed by atoms with E-state index in [9.17, 15) is 8.78 Å². The predicted molar refractivity (Wildman–Crippen MR) is 146 cm³/mol. The predicted octanol–water partition coefficient (Wildman–Crippen LogP) is 5.21. The second-order valence-corrected chi connectivity index (χ2v) is 11.9. The van der Waals surface area contributed by atoms with Crippen LogP contribution in [0, 0.1) is 11.6 Å². The quantitative estimate of drug-likeness (QED) is 0.349. The topological polar surface area (TPSA) is 92.3 Å². The number of H-pyrrole nitrogens is 1. The van der Waals surface area contributed by atoms with Crippen LogP contribution >= 0.6 is 11.6 Å². The van der Waals surface area contributed by atoms with E-state index in [4.69, 9.17) is 26.1 Å². The number of benzene rings is 1. The minimum Gasteiger partial charge on any atom is -0.475 e. The number of anilines is 1. The highest BCUT2D eigenvalue weighted by Gasteiger charge is 2.49. The van der Waals surface area contributed by atoms with Crippen LogP contribution in [0.4, 0.5) is 19.0 Å². The molecule has 0 amide bonds. The highest BCUT2D eigenvalue weighted by molar-refractivity contribution is 6.35. The van der Waals surface area contributed by atoms with Crippen LogP contribution < -0.4 is 14.4 Å². The molecule has 1 aromatic carbocycles. The Bertz CT molecular complexity index is 1700. The zero-order chi connectivity index (χ0) is 27.9. The maximum absolute atomic E-state index is 16.6. The second kappa shape index (κ2) is 9.32. The molecule has 3 fully saturated rings. The molecule has 214 valence electrons. The Morgan fingerprint density at radius 1 is 1.17 bits per heavy atom. The smallest absolute Gasteiger partial charge is 0.319 e. The Hall–Kier alpha value is -3.38. The molecule has 7 heterocycles. The minimum atomic E-state index is -0.906. The van der Waals surface area contributed by atoms with Crippen LogP contribution in [0.5, 0.6) is 11.9 Å². The van der Waals surface area contributed by atoms with Gasteiger partial charge in [-0.1, -0.05) is 11.6 Å². The summed E-state index contributed by atoms with van der Waals surface area (Å²) in [4.78, 5) is 18.1. The van der Waals surface area contributed by atoms with Gasteiger partial charge in [0.2, 0.25) is 5.88 Å². The van der Waals surface area contributed by atoms with E-state index >= 15 is 4.39 Å². The van der Waals surface area contributed by atoms with E-state index in [1.165, 1.54) is 12.3 Å². The van der Waals surface area contributed by atoms with Gasteiger partial charge in [0.05, 0.1) is 28.3 Å². The number of hydrogen-bond acceptors (Lipinski definition) is 8. The van der Waals surface area contributed by atoms with Gasteiger partial charge in [-0.25, -0.2) is 18.2 Å². The molecule has 4 aliphatic rings. The highest BCUT2D eigenvalue weighted by atomic mass is 35.5. The zero-order valence-corrected chi connectivity index (χ0v) is 22.9. The summed E-state index contributed by atoms with van der Waals surface area (Å²) < 4.78 is 58.2. The number of aromatic amines is 1. The summed E-state index contributed by atoms with van der Waals surface area (Å²) in [6.45, 7) is 2.47. The van der Waals surface area contributed by atoms with Crippen molar-refractivity contribution in [3.63, 3.8) is 0 Å². The van der Waals surface area contributed by atoms with Crippen LogP contribution in [0.1, 0.15) is 38.5 Å². The van der Waals surface area contributed by atoms with Crippen LogP contribution in [0.25, 0.3) is 33.1 Å².